The van der Waals surface area contributed by atoms with E-state index in [0.717, 1.165) is 19.3 Å². The molecule has 21 heavy (non-hydrogen) atoms. The Morgan fingerprint density at radius 3 is 2.62 bits per heavy atom. The van der Waals surface area contributed by atoms with Crippen LogP contribution in [0.1, 0.15) is 45.4 Å². The van der Waals surface area contributed by atoms with E-state index < -0.39 is 5.91 Å². The van der Waals surface area contributed by atoms with E-state index in [2.05, 4.69) is 17.6 Å². The van der Waals surface area contributed by atoms with Gasteiger partial charge in [-0.05, 0) is 19.3 Å². The summed E-state index contributed by atoms with van der Waals surface area (Å²) in [6, 6.07) is 2.02. The van der Waals surface area contributed by atoms with Gasteiger partial charge in [0, 0.05) is 26.6 Å². The Balaban J connectivity index is 4.40. The topological polar surface area (TPSA) is 114 Å². The number of nitrogens with two attached hydrogens (primary N) is 1. The van der Waals surface area contributed by atoms with Crippen molar-refractivity contribution in [1.29, 1.82) is 5.26 Å². The maximum Gasteiger partial charge on any atom is 0.297 e. The minimum absolute atomic E-state index is 0.147. The highest BCUT2D eigenvalue weighted by atomic mass is 16.5. The number of nitrogens with zero attached hydrogens (tertiary/aromatic N) is 2. The van der Waals surface area contributed by atoms with Crippen molar-refractivity contribution in [3.05, 3.63) is 11.5 Å². The predicted octanol–water partition coefficient (Wildman–Crippen LogP) is 1.03. The fourth-order valence-electron chi connectivity index (χ4n) is 1.74. The summed E-state index contributed by atoms with van der Waals surface area (Å²) in [7, 11) is 1.58. The molecular formula is C14H27N5O2. The van der Waals surface area contributed by atoms with Crippen LogP contribution < -0.4 is 16.4 Å². The summed E-state index contributed by atoms with van der Waals surface area (Å²) in [4.78, 5) is 12.0. The monoisotopic (exact) mass is 297 g/mol. The fraction of sp³-hybridized carbons (Fsp3) is 0.714. The molecule has 0 aromatic heterocycles. The Morgan fingerprint density at radius 1 is 1.33 bits per heavy atom. The number of unbranched alkanes of at least 4 members (excludes halogenated alkanes) is 4. The fourth-order valence-corrected chi connectivity index (χ4v) is 1.74. The molecule has 0 fully saturated rings. The van der Waals surface area contributed by atoms with Crippen molar-refractivity contribution in [2.24, 2.45) is 5.73 Å². The third-order valence-corrected chi connectivity index (χ3v) is 2.97. The van der Waals surface area contributed by atoms with Gasteiger partial charge in [-0.2, -0.15) is 5.26 Å². The number of carbonyl (C=O) groups is 1. The van der Waals surface area contributed by atoms with Crippen LogP contribution in [0.5, 0.6) is 0 Å². The van der Waals surface area contributed by atoms with Crippen molar-refractivity contribution in [2.45, 2.75) is 45.4 Å². The van der Waals surface area contributed by atoms with Gasteiger partial charge in [0.25, 0.3) is 5.91 Å². The quantitative estimate of drug-likeness (QED) is 0.196. The minimum Gasteiger partial charge on any atom is -0.384 e. The van der Waals surface area contributed by atoms with Crippen LogP contribution in [0.4, 0.5) is 0 Å². The molecular weight excluding hydrogens is 270 g/mol. The Bertz CT molecular complexity index is 376. The Hall–Kier alpha value is -1.94. The van der Waals surface area contributed by atoms with Crippen molar-refractivity contribution in [3.8, 4) is 6.07 Å². The molecule has 5 N–H and O–H groups in total. The van der Waals surface area contributed by atoms with Crippen LogP contribution in [0.2, 0.25) is 0 Å². The number of hydrogen-bond donors (Lipinski definition) is 4. The molecule has 0 bridgehead atoms. The molecule has 7 nitrogen and oxygen atoms in total. The largest absolute Gasteiger partial charge is 0.384 e. The van der Waals surface area contributed by atoms with E-state index in [9.17, 15) is 10.0 Å². The van der Waals surface area contributed by atoms with E-state index in [1.807, 2.05) is 6.07 Å². The maximum absolute atomic E-state index is 12.0. The minimum atomic E-state index is -0.574. The lowest BCUT2D eigenvalue weighted by atomic mass is 10.2. The molecule has 0 unspecified atom stereocenters. The van der Waals surface area contributed by atoms with Crippen molar-refractivity contribution in [1.82, 2.24) is 15.7 Å². The normalized spacial score (nSPS) is 11.3. The van der Waals surface area contributed by atoms with Crippen LogP contribution in [0.25, 0.3) is 0 Å². The van der Waals surface area contributed by atoms with Gasteiger partial charge in [0.2, 0.25) is 0 Å². The third-order valence-electron chi connectivity index (χ3n) is 2.97. The second-order valence-electron chi connectivity index (χ2n) is 4.72. The zero-order valence-electron chi connectivity index (χ0n) is 13.0. The summed E-state index contributed by atoms with van der Waals surface area (Å²) < 4.78 is 0. The van der Waals surface area contributed by atoms with Crippen molar-refractivity contribution in [2.75, 3.05) is 20.1 Å². The van der Waals surface area contributed by atoms with Gasteiger partial charge < -0.3 is 16.4 Å². The molecule has 0 aliphatic heterocycles. The smallest absolute Gasteiger partial charge is 0.297 e. The number of nitriles is 1. The van der Waals surface area contributed by atoms with Crippen LogP contribution in [0.3, 0.4) is 0 Å². The lowest BCUT2D eigenvalue weighted by Gasteiger charge is -2.18. The second-order valence-corrected chi connectivity index (χ2v) is 4.72. The highest BCUT2D eigenvalue weighted by molar-refractivity contribution is 5.92. The number of nitrogens with one attached hydrogen (secondary N) is 2. The molecule has 0 heterocycles. The highest BCUT2D eigenvalue weighted by Gasteiger charge is 2.18. The molecule has 0 spiro atoms. The molecule has 0 aliphatic carbocycles. The average Bonchev–Trinajstić information content (AvgIpc) is 2.48. The third kappa shape index (κ3) is 8.05. The molecule has 0 aromatic carbocycles. The number of likely N-dealkylation sites (N-methyl/N-ethyl adjacent to an activating group) is 1. The van der Waals surface area contributed by atoms with Crippen LogP contribution in [-0.2, 0) is 4.79 Å². The van der Waals surface area contributed by atoms with E-state index in [1.165, 1.54) is 0 Å². The maximum atomic E-state index is 12.0. The van der Waals surface area contributed by atoms with E-state index in [-0.39, 0.29) is 18.1 Å². The van der Waals surface area contributed by atoms with E-state index in [1.54, 1.807) is 7.05 Å². The second kappa shape index (κ2) is 11.9. The predicted molar refractivity (Wildman–Crippen MR) is 80.8 cm³/mol. The standard InChI is InChI=1S/C14H27N5O2/c1-3-4-7-10-18-13(16)12(17-2)14(20)19(21)11-8-5-6-9-15/h17-18,21H,3-8,10-11,16H2,1-2H3/b13-12+. The van der Waals surface area contributed by atoms with Gasteiger partial charge in [0.15, 0.2) is 0 Å². The number of hydrogen-bond acceptors (Lipinski definition) is 6. The number of carbonyl (C=O) groups excluding carboxylic acids is 1. The van der Waals surface area contributed by atoms with Crippen LogP contribution >= 0.6 is 0 Å². The van der Waals surface area contributed by atoms with E-state index >= 15 is 0 Å². The molecule has 0 radical (unpaired) electrons. The molecule has 7 heteroatoms. The molecule has 0 aromatic rings. The molecule has 1 amide bonds. The molecule has 0 saturated heterocycles. The molecule has 0 rings (SSSR count). The zero-order chi connectivity index (χ0) is 16.1. The summed E-state index contributed by atoms with van der Waals surface area (Å²) >= 11 is 0. The molecule has 120 valence electrons. The Morgan fingerprint density at radius 2 is 2.05 bits per heavy atom. The van der Waals surface area contributed by atoms with Gasteiger partial charge in [-0.3, -0.25) is 10.0 Å². The van der Waals surface area contributed by atoms with Gasteiger partial charge in [-0.15, -0.1) is 0 Å². The van der Waals surface area contributed by atoms with Crippen LogP contribution in [0.15, 0.2) is 11.5 Å². The molecule has 0 aliphatic rings. The van der Waals surface area contributed by atoms with E-state index in [0.29, 0.717) is 30.9 Å². The van der Waals surface area contributed by atoms with Gasteiger partial charge in [0.05, 0.1) is 6.07 Å². The van der Waals surface area contributed by atoms with Gasteiger partial charge in [-0.25, -0.2) is 5.06 Å². The summed E-state index contributed by atoms with van der Waals surface area (Å²) in [5.74, 6) is -0.343. The SMILES string of the molecule is CCCCCN/C(N)=C(/NC)C(=O)N(O)CCCCC#N. The zero-order valence-corrected chi connectivity index (χ0v) is 13.0. The lowest BCUT2D eigenvalue weighted by Crippen LogP contribution is -2.38. The lowest BCUT2D eigenvalue weighted by molar-refractivity contribution is -0.161. The first-order chi connectivity index (χ1) is 10.1. The first-order valence-corrected chi connectivity index (χ1v) is 7.37. The first kappa shape index (κ1) is 19.1. The van der Waals surface area contributed by atoms with Gasteiger partial charge >= 0.3 is 0 Å². The average molecular weight is 297 g/mol. The van der Waals surface area contributed by atoms with Crippen molar-refractivity contribution in [3.63, 3.8) is 0 Å². The van der Waals surface area contributed by atoms with Crippen molar-refractivity contribution < 1.29 is 10.0 Å². The molecule has 0 saturated carbocycles. The number of hydroxylamine groups is 2. The van der Waals surface area contributed by atoms with E-state index in [4.69, 9.17) is 11.0 Å². The number of rotatable bonds is 11. The first-order valence-electron chi connectivity index (χ1n) is 7.37. The van der Waals surface area contributed by atoms with Crippen molar-refractivity contribution >= 4 is 5.91 Å². The Labute approximate surface area is 126 Å². The summed E-state index contributed by atoms with van der Waals surface area (Å²) in [5.41, 5.74) is 5.98. The highest BCUT2D eigenvalue weighted by Crippen LogP contribution is 2.02. The van der Waals surface area contributed by atoms with Crippen LogP contribution in [-0.4, -0.2) is 36.3 Å². The van der Waals surface area contributed by atoms with Crippen LogP contribution in [0, 0.1) is 11.3 Å². The summed E-state index contributed by atoms with van der Waals surface area (Å²) in [5, 5.41) is 24.5. The molecule has 0 atom stereocenters. The Kier molecular flexibility index (Phi) is 10.8. The van der Waals surface area contributed by atoms with Gasteiger partial charge in [-0.1, -0.05) is 19.8 Å². The summed E-state index contributed by atoms with van der Waals surface area (Å²) in [6.07, 6.45) is 4.79. The summed E-state index contributed by atoms with van der Waals surface area (Å²) in [6.45, 7) is 2.97. The van der Waals surface area contributed by atoms with Gasteiger partial charge in [0.1, 0.15) is 11.5 Å². The number of amides is 1.